The van der Waals surface area contributed by atoms with Crippen molar-refractivity contribution in [2.24, 2.45) is 0 Å². The number of rotatable bonds is 10. The summed E-state index contributed by atoms with van der Waals surface area (Å²) < 4.78 is 4.49. The van der Waals surface area contributed by atoms with E-state index in [-0.39, 0.29) is 0 Å². The number of fused-ring (bicyclic) bond motifs is 5. The summed E-state index contributed by atoms with van der Waals surface area (Å²) in [4.78, 5) is 21.5. The maximum absolute atomic E-state index is 5.64. The van der Waals surface area contributed by atoms with E-state index in [0.29, 0.717) is 0 Å². The zero-order chi connectivity index (χ0) is 55.5. The van der Waals surface area contributed by atoms with E-state index in [0.717, 1.165) is 134 Å². The molecule has 0 aliphatic heterocycles. The third-order valence-electron chi connectivity index (χ3n) is 16.3. The first kappa shape index (κ1) is 48.6. The fraction of sp³-hybridized carbons (Fsp3) is 0. The molecule has 6 nitrogen and oxygen atoms in total. The van der Waals surface area contributed by atoms with Crippen LogP contribution in [0.1, 0.15) is 0 Å². The van der Waals surface area contributed by atoms with Crippen LogP contribution in [0.5, 0.6) is 0 Å². The molecule has 0 radical (unpaired) electrons. The van der Waals surface area contributed by atoms with Gasteiger partial charge in [0.2, 0.25) is 0 Å². The molecule has 0 unspecified atom stereocenters. The molecule has 0 aliphatic rings. The normalized spacial score (nSPS) is 11.6. The summed E-state index contributed by atoms with van der Waals surface area (Å²) in [5, 5.41) is 4.78. The van der Waals surface area contributed by atoms with Crippen molar-refractivity contribution in [3.63, 3.8) is 0 Å². The van der Waals surface area contributed by atoms with Crippen molar-refractivity contribution in [1.29, 1.82) is 0 Å². The van der Waals surface area contributed by atoms with E-state index in [1.54, 1.807) is 0 Å². The second-order valence-electron chi connectivity index (χ2n) is 21.4. The van der Waals surface area contributed by atoms with Gasteiger partial charge in [-0.05, 0) is 139 Å². The average molecular weight is 1070 g/mol. The van der Waals surface area contributed by atoms with Crippen LogP contribution in [-0.4, -0.2) is 29.1 Å². The summed E-state index contributed by atoms with van der Waals surface area (Å²) >= 11 is 0. The smallest absolute Gasteiger partial charge is 0.145 e. The third-order valence-corrected chi connectivity index (χ3v) is 16.3. The zero-order valence-corrected chi connectivity index (χ0v) is 45.6. The molecule has 0 saturated heterocycles. The summed E-state index contributed by atoms with van der Waals surface area (Å²) in [6, 6.07) is 108. The molecule has 13 aromatic carbocycles. The Hall–Kier alpha value is -11.3. The number of imidazole rings is 2. The Morgan fingerprint density at radius 1 is 0.202 bits per heavy atom. The van der Waals surface area contributed by atoms with E-state index in [4.69, 9.17) is 19.9 Å². The first-order valence-electron chi connectivity index (χ1n) is 28.4. The van der Waals surface area contributed by atoms with Crippen molar-refractivity contribution in [3.8, 4) is 101 Å². The molecule has 0 N–H and O–H groups in total. The molecule has 84 heavy (non-hydrogen) atoms. The minimum Gasteiger partial charge on any atom is -0.292 e. The number of nitrogens with zero attached hydrogens (tertiary/aromatic N) is 6. The molecular weight excluding hydrogens is 1020 g/mol. The second kappa shape index (κ2) is 20.3. The fourth-order valence-corrected chi connectivity index (χ4v) is 12.1. The average Bonchev–Trinajstić information content (AvgIpc) is 2.18. The molecule has 6 heteroatoms. The van der Waals surface area contributed by atoms with Gasteiger partial charge in [-0.3, -0.25) is 9.13 Å². The summed E-state index contributed by atoms with van der Waals surface area (Å²) in [6.45, 7) is 0. The molecule has 0 aliphatic carbocycles. The van der Waals surface area contributed by atoms with Gasteiger partial charge in [-0.1, -0.05) is 231 Å². The van der Waals surface area contributed by atoms with Gasteiger partial charge in [0.1, 0.15) is 11.6 Å². The molecule has 0 bridgehead atoms. The predicted molar refractivity (Wildman–Crippen MR) is 347 cm³/mol. The number of hydrogen-bond acceptors (Lipinski definition) is 4. The minimum atomic E-state index is 0.811. The number of para-hydroxylation sites is 6. The van der Waals surface area contributed by atoms with Crippen LogP contribution < -0.4 is 0 Å². The molecule has 16 rings (SSSR count). The SMILES string of the molecule is c1ccc(-n2c(-c3ccc(-c4ccc(-c5nc6cc(-c7ccc8ccccc8c7)c(-c7ccc8ccccc8c7)cc6nc5-c5ccc(-c6ccc(-c7nc8ccccc8n7-c7ccccc7)cc6)cc5)cc4)cc3)nc3ccccc32)cc1. The van der Waals surface area contributed by atoms with Crippen LogP contribution in [0.25, 0.3) is 156 Å². The fourth-order valence-electron chi connectivity index (χ4n) is 12.1. The predicted octanol–water partition coefficient (Wildman–Crippen LogP) is 20.0. The van der Waals surface area contributed by atoms with Gasteiger partial charge in [0, 0.05) is 33.6 Å². The summed E-state index contributed by atoms with van der Waals surface area (Å²) in [5.41, 5.74) is 22.4. The Bertz CT molecular complexity index is 4820. The largest absolute Gasteiger partial charge is 0.292 e. The number of hydrogen-bond donors (Lipinski definition) is 0. The van der Waals surface area contributed by atoms with Gasteiger partial charge < -0.3 is 0 Å². The quantitative estimate of drug-likeness (QED) is 0.137. The van der Waals surface area contributed by atoms with E-state index in [1.165, 1.54) is 21.5 Å². The molecule has 0 spiro atoms. The number of aromatic nitrogens is 6. The second-order valence-corrected chi connectivity index (χ2v) is 21.4. The number of benzene rings is 13. The van der Waals surface area contributed by atoms with Gasteiger partial charge in [-0.15, -0.1) is 0 Å². The Morgan fingerprint density at radius 2 is 0.512 bits per heavy atom. The molecular formula is C78H50N6. The molecule has 0 fully saturated rings. The van der Waals surface area contributed by atoms with E-state index in [2.05, 4.69) is 288 Å². The molecule has 0 amide bonds. The first-order valence-corrected chi connectivity index (χ1v) is 28.4. The highest BCUT2D eigenvalue weighted by Crippen LogP contribution is 2.41. The summed E-state index contributed by atoms with van der Waals surface area (Å²) in [5.74, 6) is 1.81. The van der Waals surface area contributed by atoms with Crippen LogP contribution in [0.15, 0.2) is 303 Å². The minimum absolute atomic E-state index is 0.811. The van der Waals surface area contributed by atoms with Crippen molar-refractivity contribution < 1.29 is 0 Å². The molecule has 0 atom stereocenters. The van der Waals surface area contributed by atoms with Crippen LogP contribution in [0.2, 0.25) is 0 Å². The van der Waals surface area contributed by atoms with E-state index >= 15 is 0 Å². The molecule has 16 aromatic rings. The zero-order valence-electron chi connectivity index (χ0n) is 45.6. The maximum Gasteiger partial charge on any atom is 0.145 e. The van der Waals surface area contributed by atoms with Crippen molar-refractivity contribution in [1.82, 2.24) is 29.1 Å². The molecule has 3 aromatic heterocycles. The Morgan fingerprint density at radius 3 is 0.905 bits per heavy atom. The van der Waals surface area contributed by atoms with Gasteiger partial charge in [0.25, 0.3) is 0 Å². The Kier molecular flexibility index (Phi) is 11.8. The molecule has 3 heterocycles. The van der Waals surface area contributed by atoms with Crippen molar-refractivity contribution >= 4 is 54.6 Å². The highest BCUT2D eigenvalue weighted by Gasteiger charge is 2.20. The molecule has 392 valence electrons. The van der Waals surface area contributed by atoms with Crippen LogP contribution in [0.4, 0.5) is 0 Å². The summed E-state index contributed by atoms with van der Waals surface area (Å²) in [7, 11) is 0. The lowest BCUT2D eigenvalue weighted by Gasteiger charge is -2.16. The lowest BCUT2D eigenvalue weighted by Crippen LogP contribution is -1.98. The van der Waals surface area contributed by atoms with E-state index in [9.17, 15) is 0 Å². The Labute approximate surface area is 485 Å². The lowest BCUT2D eigenvalue weighted by atomic mass is 9.91. The highest BCUT2D eigenvalue weighted by atomic mass is 15.1. The van der Waals surface area contributed by atoms with Crippen LogP contribution in [-0.2, 0) is 0 Å². The van der Waals surface area contributed by atoms with Gasteiger partial charge in [0.05, 0.1) is 44.5 Å². The third kappa shape index (κ3) is 8.69. The van der Waals surface area contributed by atoms with Crippen molar-refractivity contribution in [2.45, 2.75) is 0 Å². The van der Waals surface area contributed by atoms with E-state index < -0.39 is 0 Å². The van der Waals surface area contributed by atoms with Gasteiger partial charge in [-0.2, -0.15) is 0 Å². The van der Waals surface area contributed by atoms with Crippen molar-refractivity contribution in [3.05, 3.63) is 303 Å². The van der Waals surface area contributed by atoms with Crippen LogP contribution in [0.3, 0.4) is 0 Å². The maximum atomic E-state index is 5.64. The van der Waals surface area contributed by atoms with Gasteiger partial charge in [0.15, 0.2) is 0 Å². The Balaban J connectivity index is 0.799. The molecule has 0 saturated carbocycles. The van der Waals surface area contributed by atoms with Crippen molar-refractivity contribution in [2.75, 3.05) is 0 Å². The van der Waals surface area contributed by atoms with Gasteiger partial charge in [-0.25, -0.2) is 19.9 Å². The first-order chi connectivity index (χ1) is 41.6. The summed E-state index contributed by atoms with van der Waals surface area (Å²) in [6.07, 6.45) is 0. The van der Waals surface area contributed by atoms with E-state index in [1.807, 2.05) is 24.3 Å². The monoisotopic (exact) mass is 1070 g/mol. The van der Waals surface area contributed by atoms with Gasteiger partial charge >= 0.3 is 0 Å². The lowest BCUT2D eigenvalue weighted by molar-refractivity contribution is 1.10. The standard InChI is InChI=1S/C78H50N6/c1-3-19-65(20-4-1)83-73-25-13-11-23-69(73)81-77(83)59-41-31-55(32-42-59)53-27-37-57(38-28-53)75-76(58-39-29-54(30-40-58)56-33-43-60(44-34-56)78-82-70-24-12-14-26-74(70)84(78)66-21-5-2-6-22-66)80-72-50-68(64-46-36-52-16-8-10-18-62(52)48-64)67(49-71(72)79-75)63-45-35-51-15-7-9-17-61(51)47-63/h1-50H. The highest BCUT2D eigenvalue weighted by molar-refractivity contribution is 6.00. The topological polar surface area (TPSA) is 61.4 Å². The van der Waals surface area contributed by atoms with Crippen LogP contribution >= 0.6 is 0 Å². The van der Waals surface area contributed by atoms with Crippen LogP contribution in [0, 0.1) is 0 Å².